The average Bonchev–Trinajstić information content (AvgIpc) is 2.46. The molecule has 2 N–H and O–H groups in total. The molecule has 0 aliphatic carbocycles. The van der Waals surface area contributed by atoms with Crippen LogP contribution >= 0.6 is 0 Å². The van der Waals surface area contributed by atoms with Gasteiger partial charge >= 0.3 is 0 Å². The van der Waals surface area contributed by atoms with Crippen LogP contribution in [-0.4, -0.2) is 15.9 Å². The van der Waals surface area contributed by atoms with Gasteiger partial charge < -0.3 is 10.3 Å². The molecule has 5 nitrogen and oxygen atoms in total. The Morgan fingerprint density at radius 2 is 1.96 bits per heavy atom. The van der Waals surface area contributed by atoms with E-state index in [9.17, 15) is 9.59 Å². The van der Waals surface area contributed by atoms with Gasteiger partial charge in [0.15, 0.2) is 0 Å². The van der Waals surface area contributed by atoms with Crippen LogP contribution in [0.1, 0.15) is 47.6 Å². The highest BCUT2D eigenvalue weighted by Crippen LogP contribution is 2.16. The zero-order valence-electron chi connectivity index (χ0n) is 14.1. The summed E-state index contributed by atoms with van der Waals surface area (Å²) in [5, 5.41) is 2.99. The third-order valence-electron chi connectivity index (χ3n) is 3.98. The largest absolute Gasteiger partial charge is 0.350 e. The van der Waals surface area contributed by atoms with E-state index in [-0.39, 0.29) is 23.9 Å². The van der Waals surface area contributed by atoms with Crippen LogP contribution < -0.4 is 10.9 Å². The van der Waals surface area contributed by atoms with Crippen LogP contribution in [0.5, 0.6) is 0 Å². The van der Waals surface area contributed by atoms with E-state index in [4.69, 9.17) is 0 Å². The Hall–Kier alpha value is -2.43. The van der Waals surface area contributed by atoms with E-state index in [1.807, 2.05) is 38.1 Å². The van der Waals surface area contributed by atoms with Crippen molar-refractivity contribution in [2.75, 3.05) is 0 Å². The molecule has 2 rings (SSSR count). The summed E-state index contributed by atoms with van der Waals surface area (Å²) in [7, 11) is 0. The molecule has 0 spiro atoms. The number of carbonyl (C=O) groups is 1. The Bertz CT molecular complexity index is 765. The normalized spacial score (nSPS) is 12.0. The number of rotatable bonds is 5. The Morgan fingerprint density at radius 3 is 2.61 bits per heavy atom. The van der Waals surface area contributed by atoms with E-state index < -0.39 is 0 Å². The highest BCUT2D eigenvalue weighted by atomic mass is 16.1. The summed E-state index contributed by atoms with van der Waals surface area (Å²) in [6, 6.07) is 7.93. The first-order chi connectivity index (χ1) is 10.9. The number of carbonyl (C=O) groups excluding carboxylic acids is 1. The van der Waals surface area contributed by atoms with Crippen LogP contribution in [0, 0.1) is 20.8 Å². The fourth-order valence-electron chi connectivity index (χ4n) is 2.75. The Kier molecular flexibility index (Phi) is 5.32. The van der Waals surface area contributed by atoms with E-state index in [1.54, 1.807) is 13.8 Å². The second-order valence-corrected chi connectivity index (χ2v) is 5.86. The summed E-state index contributed by atoms with van der Waals surface area (Å²) in [5.74, 6) is 0.522. The van der Waals surface area contributed by atoms with Gasteiger partial charge in [0.05, 0.1) is 6.04 Å². The van der Waals surface area contributed by atoms with Crippen molar-refractivity contribution in [2.45, 2.75) is 46.6 Å². The number of aryl methyl sites for hydroxylation is 3. The van der Waals surface area contributed by atoms with Gasteiger partial charge in [-0.2, -0.15) is 0 Å². The first kappa shape index (κ1) is 16.9. The Labute approximate surface area is 136 Å². The molecule has 0 saturated heterocycles. The number of nitrogens with zero attached hydrogens (tertiary/aromatic N) is 1. The summed E-state index contributed by atoms with van der Waals surface area (Å²) in [5.41, 5.74) is 3.36. The van der Waals surface area contributed by atoms with Gasteiger partial charge in [0.2, 0.25) is 5.91 Å². The van der Waals surface area contributed by atoms with E-state index in [2.05, 4.69) is 15.3 Å². The predicted octanol–water partition coefficient (Wildman–Crippen LogP) is 2.51. The minimum atomic E-state index is -0.158. The SMILES string of the molecule is Cc1nc(C)c(CCC(=O)N[C@H](C)c2ccccc2C)c(=O)[nH]1. The van der Waals surface area contributed by atoms with Gasteiger partial charge in [-0.05, 0) is 45.2 Å². The fourth-order valence-corrected chi connectivity index (χ4v) is 2.75. The lowest BCUT2D eigenvalue weighted by atomic mass is 10.0. The lowest BCUT2D eigenvalue weighted by Gasteiger charge is -2.16. The van der Waals surface area contributed by atoms with Gasteiger partial charge in [0.1, 0.15) is 5.82 Å². The van der Waals surface area contributed by atoms with Crippen molar-refractivity contribution in [3.63, 3.8) is 0 Å². The average molecular weight is 313 g/mol. The second kappa shape index (κ2) is 7.22. The molecule has 0 saturated carbocycles. The molecule has 1 amide bonds. The number of hydrogen-bond acceptors (Lipinski definition) is 3. The molecule has 122 valence electrons. The summed E-state index contributed by atoms with van der Waals surface area (Å²) < 4.78 is 0. The highest BCUT2D eigenvalue weighted by molar-refractivity contribution is 5.76. The van der Waals surface area contributed by atoms with Crippen LogP contribution in [0.25, 0.3) is 0 Å². The topological polar surface area (TPSA) is 74.8 Å². The summed E-state index contributed by atoms with van der Waals surface area (Å²) in [6.45, 7) is 7.53. The van der Waals surface area contributed by atoms with Gasteiger partial charge in [-0.25, -0.2) is 4.98 Å². The lowest BCUT2D eigenvalue weighted by molar-refractivity contribution is -0.121. The predicted molar refractivity (Wildman–Crippen MR) is 90.4 cm³/mol. The summed E-state index contributed by atoms with van der Waals surface area (Å²) >= 11 is 0. The van der Waals surface area contributed by atoms with Crippen molar-refractivity contribution in [1.29, 1.82) is 0 Å². The van der Waals surface area contributed by atoms with Crippen molar-refractivity contribution in [2.24, 2.45) is 0 Å². The van der Waals surface area contributed by atoms with E-state index in [1.165, 1.54) is 0 Å². The van der Waals surface area contributed by atoms with Gasteiger partial charge in [-0.15, -0.1) is 0 Å². The van der Waals surface area contributed by atoms with E-state index in [0.717, 1.165) is 11.1 Å². The molecule has 23 heavy (non-hydrogen) atoms. The zero-order chi connectivity index (χ0) is 17.0. The third kappa shape index (κ3) is 4.28. The molecule has 5 heteroatoms. The number of hydrogen-bond donors (Lipinski definition) is 2. The van der Waals surface area contributed by atoms with Gasteiger partial charge in [0.25, 0.3) is 5.56 Å². The van der Waals surface area contributed by atoms with Crippen LogP contribution in [0.15, 0.2) is 29.1 Å². The molecular formula is C18H23N3O2. The molecule has 2 aromatic rings. The minimum Gasteiger partial charge on any atom is -0.350 e. The fraction of sp³-hybridized carbons (Fsp3) is 0.389. The minimum absolute atomic E-state index is 0.0563. The van der Waals surface area contributed by atoms with Crippen molar-refractivity contribution >= 4 is 5.91 Å². The van der Waals surface area contributed by atoms with Crippen LogP contribution in [0.3, 0.4) is 0 Å². The number of benzene rings is 1. The maximum absolute atomic E-state index is 12.2. The molecular weight excluding hydrogens is 290 g/mol. The van der Waals surface area contributed by atoms with Gasteiger partial charge in [-0.3, -0.25) is 9.59 Å². The van der Waals surface area contributed by atoms with Crippen LogP contribution in [-0.2, 0) is 11.2 Å². The maximum atomic E-state index is 12.2. The van der Waals surface area contributed by atoms with Crippen molar-refractivity contribution < 1.29 is 4.79 Å². The molecule has 0 aliphatic heterocycles. The molecule has 1 aromatic heterocycles. The molecule has 1 heterocycles. The number of H-pyrrole nitrogens is 1. The third-order valence-corrected chi connectivity index (χ3v) is 3.98. The second-order valence-electron chi connectivity index (χ2n) is 5.86. The lowest BCUT2D eigenvalue weighted by Crippen LogP contribution is -2.28. The zero-order valence-corrected chi connectivity index (χ0v) is 14.1. The molecule has 0 aliphatic rings. The Morgan fingerprint density at radius 1 is 1.26 bits per heavy atom. The summed E-state index contributed by atoms with van der Waals surface area (Å²) in [6.07, 6.45) is 0.658. The number of aromatic nitrogens is 2. The monoisotopic (exact) mass is 313 g/mol. The molecule has 0 bridgehead atoms. The molecule has 0 fully saturated rings. The number of aromatic amines is 1. The van der Waals surface area contributed by atoms with Crippen molar-refractivity contribution in [3.05, 3.63) is 62.8 Å². The molecule has 0 radical (unpaired) electrons. The van der Waals surface area contributed by atoms with Crippen molar-refractivity contribution in [1.82, 2.24) is 15.3 Å². The van der Waals surface area contributed by atoms with E-state index in [0.29, 0.717) is 23.5 Å². The van der Waals surface area contributed by atoms with Crippen LogP contribution in [0.2, 0.25) is 0 Å². The first-order valence-corrected chi connectivity index (χ1v) is 7.79. The quantitative estimate of drug-likeness (QED) is 0.890. The maximum Gasteiger partial charge on any atom is 0.254 e. The highest BCUT2D eigenvalue weighted by Gasteiger charge is 2.13. The van der Waals surface area contributed by atoms with Gasteiger partial charge in [0, 0.05) is 17.7 Å². The number of nitrogens with one attached hydrogen (secondary N) is 2. The molecule has 0 unspecified atom stereocenters. The first-order valence-electron chi connectivity index (χ1n) is 7.79. The smallest absolute Gasteiger partial charge is 0.254 e. The van der Waals surface area contributed by atoms with Crippen molar-refractivity contribution in [3.8, 4) is 0 Å². The summed E-state index contributed by atoms with van der Waals surface area (Å²) in [4.78, 5) is 31.0. The molecule has 1 aromatic carbocycles. The van der Waals surface area contributed by atoms with Crippen LogP contribution in [0.4, 0.5) is 0 Å². The standard InChI is InChI=1S/C18H23N3O2/c1-11-7-5-6-8-15(11)12(2)20-17(22)10-9-16-13(3)19-14(4)21-18(16)23/h5-8,12H,9-10H2,1-4H3,(H,20,22)(H,19,21,23)/t12-/m1/s1. The Balaban J connectivity index is 1.99. The van der Waals surface area contributed by atoms with E-state index >= 15 is 0 Å². The van der Waals surface area contributed by atoms with Gasteiger partial charge in [-0.1, -0.05) is 24.3 Å². The number of amides is 1. The molecule has 1 atom stereocenters.